The normalized spacial score (nSPS) is 13.9. The van der Waals surface area contributed by atoms with Gasteiger partial charge in [-0.2, -0.15) is 0 Å². The Kier molecular flexibility index (Phi) is 7.06. The van der Waals surface area contributed by atoms with Gasteiger partial charge in [0, 0.05) is 0 Å². The summed E-state index contributed by atoms with van der Waals surface area (Å²) in [5, 5.41) is 0. The molecule has 0 saturated carbocycles. The van der Waals surface area contributed by atoms with Crippen LogP contribution in [0.2, 0.25) is 0 Å². The predicted octanol–water partition coefficient (Wildman–Crippen LogP) is 2.30. The van der Waals surface area contributed by atoms with Crippen LogP contribution in [0.3, 0.4) is 0 Å². The van der Waals surface area contributed by atoms with Crippen LogP contribution >= 0.6 is 11.6 Å². The molecular formula is C6H12ClSn. The first kappa shape index (κ1) is 9.09. The molecule has 47 valence electrons. The average molecular weight is 238 g/mol. The molecule has 0 fully saturated rings. The number of halogens is 1. The van der Waals surface area contributed by atoms with E-state index in [0.29, 0.717) is 3.39 Å². The van der Waals surface area contributed by atoms with Crippen molar-refractivity contribution in [1.82, 2.24) is 0 Å². The summed E-state index contributed by atoms with van der Waals surface area (Å²) in [7, 11) is 0. The molecule has 0 bridgehead atoms. The molecule has 0 heterocycles. The first-order valence-corrected chi connectivity index (χ1v) is 5.21. The van der Waals surface area contributed by atoms with E-state index in [0.717, 1.165) is 0 Å². The number of alkyl halides is 1. The second kappa shape index (κ2) is 6.21. The third kappa shape index (κ3) is 7.09. The third-order valence-corrected chi connectivity index (χ3v) is 2.10. The summed E-state index contributed by atoms with van der Waals surface area (Å²) in [5.74, 6) is 0. The summed E-state index contributed by atoms with van der Waals surface area (Å²) in [6.07, 6.45) is 5.18. The van der Waals surface area contributed by atoms with Crippen LogP contribution in [0.1, 0.15) is 32.6 Å². The Hall–Kier alpha value is 1.09. The average Bonchev–Trinajstić information content (AvgIpc) is 1.66. The number of hydrogen-bond acceptors (Lipinski definition) is 0. The fourth-order valence-electron chi connectivity index (χ4n) is 0.574. The van der Waals surface area contributed by atoms with Gasteiger partial charge in [0.25, 0.3) is 0 Å². The molecule has 0 aromatic carbocycles. The molecule has 1 atom stereocenters. The SMILES string of the molecule is CCCCC[CH](Cl)[Sn]. The third-order valence-electron chi connectivity index (χ3n) is 1.06. The van der Waals surface area contributed by atoms with Gasteiger partial charge in [0.05, 0.1) is 0 Å². The van der Waals surface area contributed by atoms with E-state index in [1.165, 1.54) is 48.2 Å². The van der Waals surface area contributed by atoms with Gasteiger partial charge in [-0.3, -0.25) is 0 Å². The maximum absolute atomic E-state index is 5.75. The molecule has 0 aliphatic heterocycles. The zero-order chi connectivity index (χ0) is 6.41. The molecule has 0 amide bonds. The van der Waals surface area contributed by atoms with Crippen molar-refractivity contribution in [3.05, 3.63) is 0 Å². The Balaban J connectivity index is 2.72. The van der Waals surface area contributed by atoms with Crippen molar-refractivity contribution in [1.29, 1.82) is 0 Å². The van der Waals surface area contributed by atoms with Crippen LogP contribution in [0, 0.1) is 0 Å². The minimum atomic E-state index is 0.466. The zero-order valence-electron chi connectivity index (χ0n) is 5.28. The summed E-state index contributed by atoms with van der Waals surface area (Å²) in [4.78, 5) is 0. The quantitative estimate of drug-likeness (QED) is 0.400. The summed E-state index contributed by atoms with van der Waals surface area (Å²) >= 11 is 7.22. The molecule has 0 spiro atoms. The van der Waals surface area contributed by atoms with Crippen LogP contribution in [-0.2, 0) is 0 Å². The molecule has 0 aromatic rings. The van der Waals surface area contributed by atoms with Crippen molar-refractivity contribution >= 4 is 34.1 Å². The number of hydrogen-bond donors (Lipinski definition) is 0. The predicted molar refractivity (Wildman–Crippen MR) is 39.5 cm³/mol. The number of unbranched alkanes of at least 4 members (excludes halogenated alkanes) is 2. The van der Waals surface area contributed by atoms with Crippen molar-refractivity contribution in [2.45, 2.75) is 36.0 Å². The first-order valence-electron chi connectivity index (χ1n) is 3.12. The van der Waals surface area contributed by atoms with E-state index in [-0.39, 0.29) is 0 Å². The van der Waals surface area contributed by atoms with Crippen molar-refractivity contribution in [2.24, 2.45) is 0 Å². The Morgan fingerprint density at radius 3 is 2.50 bits per heavy atom. The van der Waals surface area contributed by atoms with Gasteiger partial charge in [0.15, 0.2) is 0 Å². The van der Waals surface area contributed by atoms with Gasteiger partial charge in [0.1, 0.15) is 0 Å². The summed E-state index contributed by atoms with van der Waals surface area (Å²) in [6.45, 7) is 2.21. The molecule has 0 nitrogen and oxygen atoms in total. The van der Waals surface area contributed by atoms with E-state index in [1.807, 2.05) is 0 Å². The van der Waals surface area contributed by atoms with Gasteiger partial charge in [-0.05, 0) is 0 Å². The van der Waals surface area contributed by atoms with Crippen LogP contribution in [0.4, 0.5) is 0 Å². The van der Waals surface area contributed by atoms with Crippen molar-refractivity contribution < 1.29 is 0 Å². The maximum atomic E-state index is 5.75. The van der Waals surface area contributed by atoms with Crippen molar-refractivity contribution in [3.8, 4) is 0 Å². The summed E-state index contributed by atoms with van der Waals surface area (Å²) in [5.41, 5.74) is 0. The Bertz CT molecular complexity index is 45.8. The minimum absolute atomic E-state index is 0.466. The summed E-state index contributed by atoms with van der Waals surface area (Å²) < 4.78 is 0.466. The second-order valence-electron chi connectivity index (χ2n) is 1.96. The van der Waals surface area contributed by atoms with E-state index in [1.54, 1.807) is 0 Å². The van der Waals surface area contributed by atoms with Crippen LogP contribution in [-0.4, -0.2) is 25.9 Å². The van der Waals surface area contributed by atoms with E-state index in [2.05, 4.69) is 6.92 Å². The van der Waals surface area contributed by atoms with E-state index in [9.17, 15) is 0 Å². The Morgan fingerprint density at radius 1 is 1.50 bits per heavy atom. The molecule has 0 rings (SSSR count). The monoisotopic (exact) mass is 239 g/mol. The zero-order valence-corrected chi connectivity index (χ0v) is 8.89. The van der Waals surface area contributed by atoms with Gasteiger partial charge in [0.2, 0.25) is 0 Å². The molecule has 0 aliphatic rings. The molecule has 0 aliphatic carbocycles. The standard InChI is InChI=1S/C6H12Cl.Sn/c1-2-3-4-5-6-7;/h6H,2-5H2,1H3;. The van der Waals surface area contributed by atoms with Gasteiger partial charge in [-0.15, -0.1) is 0 Å². The van der Waals surface area contributed by atoms with Crippen LogP contribution in [0.5, 0.6) is 0 Å². The first-order chi connectivity index (χ1) is 3.77. The van der Waals surface area contributed by atoms with Gasteiger partial charge in [-0.1, -0.05) is 0 Å². The molecule has 0 N–H and O–H groups in total. The number of rotatable bonds is 4. The molecule has 0 aromatic heterocycles. The molecule has 8 heavy (non-hydrogen) atoms. The van der Waals surface area contributed by atoms with Crippen molar-refractivity contribution in [3.63, 3.8) is 0 Å². The van der Waals surface area contributed by atoms with Gasteiger partial charge < -0.3 is 0 Å². The van der Waals surface area contributed by atoms with Crippen LogP contribution < -0.4 is 0 Å². The molecule has 3 radical (unpaired) electrons. The summed E-state index contributed by atoms with van der Waals surface area (Å²) in [6, 6.07) is 0. The fraction of sp³-hybridized carbons (Fsp3) is 1.00. The molecule has 1 unspecified atom stereocenters. The van der Waals surface area contributed by atoms with Crippen LogP contribution in [0.25, 0.3) is 0 Å². The molecular weight excluding hydrogens is 226 g/mol. The van der Waals surface area contributed by atoms with Crippen LogP contribution in [0.15, 0.2) is 0 Å². The van der Waals surface area contributed by atoms with Gasteiger partial charge >= 0.3 is 70.1 Å². The van der Waals surface area contributed by atoms with E-state index in [4.69, 9.17) is 11.6 Å². The Morgan fingerprint density at radius 2 is 2.12 bits per heavy atom. The molecule has 2 heteroatoms. The topological polar surface area (TPSA) is 0 Å². The second-order valence-corrected chi connectivity index (χ2v) is 5.52. The van der Waals surface area contributed by atoms with Gasteiger partial charge in [-0.25, -0.2) is 0 Å². The van der Waals surface area contributed by atoms with Crippen molar-refractivity contribution in [2.75, 3.05) is 0 Å². The Labute approximate surface area is 70.1 Å². The molecule has 0 saturated heterocycles. The van der Waals surface area contributed by atoms with E-state index >= 15 is 0 Å². The fourth-order valence-corrected chi connectivity index (χ4v) is 1.31. The van der Waals surface area contributed by atoms with E-state index < -0.39 is 0 Å².